The largest absolute Gasteiger partial charge is 0.495 e. The van der Waals surface area contributed by atoms with Crippen LogP contribution in [0.1, 0.15) is 12.0 Å². The molecule has 1 aliphatic rings. The van der Waals surface area contributed by atoms with Crippen molar-refractivity contribution >= 4 is 46.0 Å². The molecule has 1 saturated heterocycles. The first-order valence-electron chi connectivity index (χ1n) is 9.89. The Labute approximate surface area is 190 Å². The molecule has 0 radical (unpaired) electrons. The van der Waals surface area contributed by atoms with Crippen LogP contribution < -0.4 is 10.1 Å². The Kier molecular flexibility index (Phi) is 6.03. The van der Waals surface area contributed by atoms with E-state index in [0.717, 1.165) is 34.0 Å². The molecule has 0 bridgehead atoms. The number of halogens is 2. The molecule has 0 spiro atoms. The van der Waals surface area contributed by atoms with Crippen molar-refractivity contribution in [2.75, 3.05) is 25.5 Å². The number of nitrogens with one attached hydrogen (secondary N) is 1. The Morgan fingerprint density at radius 1 is 1.32 bits per heavy atom. The molecule has 0 unspecified atom stereocenters. The van der Waals surface area contributed by atoms with Gasteiger partial charge < -0.3 is 15.0 Å². The molecular formula is C23H22Cl2N4O2. The van der Waals surface area contributed by atoms with Gasteiger partial charge in [0.15, 0.2) is 0 Å². The van der Waals surface area contributed by atoms with Crippen LogP contribution in [0.15, 0.2) is 43.1 Å². The number of aryl methyl sites for hydroxylation is 1. The summed E-state index contributed by atoms with van der Waals surface area (Å²) >= 11 is 13.1. The van der Waals surface area contributed by atoms with Crippen LogP contribution in [-0.2, 0) is 4.79 Å². The first kappa shape index (κ1) is 21.4. The Hall–Kier alpha value is -2.83. The van der Waals surface area contributed by atoms with Crippen molar-refractivity contribution in [1.82, 2.24) is 14.9 Å². The van der Waals surface area contributed by atoms with E-state index in [1.165, 1.54) is 6.08 Å². The van der Waals surface area contributed by atoms with Crippen molar-refractivity contribution in [3.63, 3.8) is 0 Å². The smallest absolute Gasteiger partial charge is 0.246 e. The summed E-state index contributed by atoms with van der Waals surface area (Å²) in [6, 6.07) is 7.75. The van der Waals surface area contributed by atoms with E-state index in [1.807, 2.05) is 31.2 Å². The zero-order valence-corrected chi connectivity index (χ0v) is 18.8. The van der Waals surface area contributed by atoms with E-state index >= 15 is 0 Å². The van der Waals surface area contributed by atoms with E-state index in [9.17, 15) is 4.79 Å². The van der Waals surface area contributed by atoms with Gasteiger partial charge in [-0.15, -0.1) is 0 Å². The number of hydrogen-bond acceptors (Lipinski definition) is 5. The quantitative estimate of drug-likeness (QED) is 0.539. The minimum absolute atomic E-state index is 0.0543. The molecule has 1 fully saturated rings. The Morgan fingerprint density at radius 2 is 2.13 bits per heavy atom. The van der Waals surface area contributed by atoms with Crippen LogP contribution >= 0.6 is 23.2 Å². The monoisotopic (exact) mass is 456 g/mol. The third-order valence-corrected chi connectivity index (χ3v) is 6.31. The van der Waals surface area contributed by atoms with Gasteiger partial charge in [-0.3, -0.25) is 4.79 Å². The minimum atomic E-state index is -0.0543. The van der Waals surface area contributed by atoms with Gasteiger partial charge >= 0.3 is 0 Å². The number of anilines is 1. The average Bonchev–Trinajstić information content (AvgIpc) is 3.24. The molecule has 31 heavy (non-hydrogen) atoms. The summed E-state index contributed by atoms with van der Waals surface area (Å²) in [5.41, 5.74) is 3.27. The Bertz CT molecular complexity index is 1180. The summed E-state index contributed by atoms with van der Waals surface area (Å²) < 4.78 is 5.39. The number of fused-ring (bicyclic) bond motifs is 1. The van der Waals surface area contributed by atoms with Gasteiger partial charge in [0.25, 0.3) is 0 Å². The summed E-state index contributed by atoms with van der Waals surface area (Å²) in [5.74, 6) is 1.06. The van der Waals surface area contributed by atoms with Gasteiger partial charge in [-0.05, 0) is 48.7 Å². The van der Waals surface area contributed by atoms with E-state index in [1.54, 1.807) is 18.2 Å². The second-order valence-electron chi connectivity index (χ2n) is 7.48. The summed E-state index contributed by atoms with van der Waals surface area (Å²) in [6.45, 7) is 6.76. The second kappa shape index (κ2) is 8.73. The van der Waals surface area contributed by atoms with E-state index < -0.39 is 0 Å². The van der Waals surface area contributed by atoms with Gasteiger partial charge in [0.2, 0.25) is 11.9 Å². The number of carbonyl (C=O) groups excluding carboxylic acids is 1. The fourth-order valence-electron chi connectivity index (χ4n) is 3.79. The SMILES string of the molecule is C=CC(=O)N1CC[C@@H](Nc2ncc3cc(-c4c(Cl)c(C)cc(OC)c4Cl)ccc3n2)C1. The maximum atomic E-state index is 11.8. The third-order valence-electron chi connectivity index (χ3n) is 5.45. The topological polar surface area (TPSA) is 67.4 Å². The number of aromatic nitrogens is 2. The van der Waals surface area contributed by atoms with Crippen molar-refractivity contribution in [3.8, 4) is 16.9 Å². The summed E-state index contributed by atoms with van der Waals surface area (Å²) in [4.78, 5) is 22.6. The van der Waals surface area contributed by atoms with Gasteiger partial charge in [0, 0.05) is 36.3 Å². The van der Waals surface area contributed by atoms with Gasteiger partial charge in [-0.25, -0.2) is 9.97 Å². The van der Waals surface area contributed by atoms with Crippen molar-refractivity contribution in [3.05, 3.63) is 58.7 Å². The highest BCUT2D eigenvalue weighted by Gasteiger charge is 2.25. The number of ether oxygens (including phenoxy) is 1. The van der Waals surface area contributed by atoms with Gasteiger partial charge in [0.1, 0.15) is 5.75 Å². The van der Waals surface area contributed by atoms with E-state index in [4.69, 9.17) is 27.9 Å². The molecule has 6 nitrogen and oxygen atoms in total. The fourth-order valence-corrected chi connectivity index (χ4v) is 4.43. The number of amides is 1. The number of carbonyl (C=O) groups is 1. The lowest BCUT2D eigenvalue weighted by molar-refractivity contribution is -0.125. The molecule has 0 saturated carbocycles. The lowest BCUT2D eigenvalue weighted by Crippen LogP contribution is -2.30. The fraction of sp³-hybridized carbons (Fsp3) is 0.261. The predicted octanol–water partition coefficient (Wildman–Crippen LogP) is 5.12. The molecule has 2 heterocycles. The van der Waals surface area contributed by atoms with Crippen molar-refractivity contribution in [2.45, 2.75) is 19.4 Å². The van der Waals surface area contributed by atoms with Crippen molar-refractivity contribution in [1.29, 1.82) is 0 Å². The molecule has 1 aliphatic heterocycles. The highest BCUT2D eigenvalue weighted by molar-refractivity contribution is 6.40. The molecule has 8 heteroatoms. The van der Waals surface area contributed by atoms with Gasteiger partial charge in [-0.2, -0.15) is 0 Å². The zero-order valence-electron chi connectivity index (χ0n) is 17.3. The van der Waals surface area contributed by atoms with Gasteiger partial charge in [-0.1, -0.05) is 35.8 Å². The molecule has 1 amide bonds. The molecule has 160 valence electrons. The first-order chi connectivity index (χ1) is 14.9. The molecule has 3 aromatic rings. The van der Waals surface area contributed by atoms with E-state index in [0.29, 0.717) is 34.8 Å². The van der Waals surface area contributed by atoms with Crippen LogP contribution in [0.2, 0.25) is 10.0 Å². The molecule has 2 aromatic carbocycles. The maximum absolute atomic E-state index is 11.8. The standard InChI is InChI=1S/C23H22Cl2N4O2/c1-4-19(30)29-8-7-16(12-29)27-23-26-11-15-10-14(5-6-17(15)28-23)20-21(24)13(2)9-18(31-3)22(20)25/h4-6,9-11,16H,1,7-8,12H2,2-3H3,(H,26,27,28)/t16-/m1/s1. The number of methoxy groups -OCH3 is 1. The number of hydrogen-bond donors (Lipinski definition) is 1. The third kappa shape index (κ3) is 4.18. The van der Waals surface area contributed by atoms with Gasteiger partial charge in [0.05, 0.1) is 22.7 Å². The average molecular weight is 457 g/mol. The number of nitrogens with zero attached hydrogens (tertiary/aromatic N) is 3. The molecule has 1 N–H and O–H groups in total. The molecule has 1 aromatic heterocycles. The maximum Gasteiger partial charge on any atom is 0.246 e. The minimum Gasteiger partial charge on any atom is -0.495 e. The molecule has 1 atom stereocenters. The van der Waals surface area contributed by atoms with Crippen LogP contribution in [0.3, 0.4) is 0 Å². The number of benzene rings is 2. The zero-order chi connectivity index (χ0) is 22.1. The molecule has 0 aliphatic carbocycles. The predicted molar refractivity (Wildman–Crippen MR) is 125 cm³/mol. The highest BCUT2D eigenvalue weighted by atomic mass is 35.5. The van der Waals surface area contributed by atoms with Crippen LogP contribution in [0.4, 0.5) is 5.95 Å². The summed E-state index contributed by atoms with van der Waals surface area (Å²) in [6.07, 6.45) is 3.95. The lowest BCUT2D eigenvalue weighted by Gasteiger charge is -2.16. The second-order valence-corrected chi connectivity index (χ2v) is 8.24. The van der Waals surface area contributed by atoms with Crippen LogP contribution in [-0.4, -0.2) is 47.0 Å². The van der Waals surface area contributed by atoms with Crippen LogP contribution in [0.5, 0.6) is 5.75 Å². The lowest BCUT2D eigenvalue weighted by atomic mass is 10.0. The molecule has 4 rings (SSSR count). The normalized spacial score (nSPS) is 15.9. The van der Waals surface area contributed by atoms with E-state index in [-0.39, 0.29) is 11.9 Å². The number of rotatable bonds is 5. The summed E-state index contributed by atoms with van der Waals surface area (Å²) in [7, 11) is 1.58. The van der Waals surface area contributed by atoms with Crippen molar-refractivity contribution < 1.29 is 9.53 Å². The first-order valence-corrected chi connectivity index (χ1v) is 10.6. The Balaban J connectivity index is 1.61. The Morgan fingerprint density at radius 3 is 2.87 bits per heavy atom. The number of likely N-dealkylation sites (tertiary alicyclic amines) is 1. The molecular weight excluding hydrogens is 435 g/mol. The van der Waals surface area contributed by atoms with E-state index in [2.05, 4.69) is 21.9 Å². The summed E-state index contributed by atoms with van der Waals surface area (Å²) in [5, 5.41) is 5.24. The van der Waals surface area contributed by atoms with Crippen LogP contribution in [0.25, 0.3) is 22.0 Å². The van der Waals surface area contributed by atoms with Crippen LogP contribution in [0, 0.1) is 6.92 Å². The highest BCUT2D eigenvalue weighted by Crippen LogP contribution is 2.43. The van der Waals surface area contributed by atoms with Crippen molar-refractivity contribution in [2.24, 2.45) is 0 Å².